The number of halogens is 2. The molecule has 7 heteroatoms. The van der Waals surface area contributed by atoms with Crippen molar-refractivity contribution in [3.8, 4) is 0 Å². The molecule has 0 atom stereocenters. The highest BCUT2D eigenvalue weighted by Gasteiger charge is 2.16. The molecule has 1 aliphatic rings. The molecule has 0 unspecified atom stereocenters. The number of hydrogen-bond donors (Lipinski definition) is 1. The van der Waals surface area contributed by atoms with E-state index in [0.717, 1.165) is 33.8 Å². The van der Waals surface area contributed by atoms with Crippen molar-refractivity contribution in [3.63, 3.8) is 0 Å². The molecular weight excluding hydrogens is 424 g/mol. The third-order valence-corrected chi connectivity index (χ3v) is 5.53. The van der Waals surface area contributed by atoms with Gasteiger partial charge in [-0.1, -0.05) is 27.5 Å². The smallest absolute Gasteiger partial charge is 0.234 e. The summed E-state index contributed by atoms with van der Waals surface area (Å²) in [5.74, 6) is 0.309. The van der Waals surface area contributed by atoms with E-state index in [4.69, 9.17) is 16.3 Å². The Hall–Kier alpha value is -1.21. The summed E-state index contributed by atoms with van der Waals surface area (Å²) in [6, 6.07) is 13.4. The fourth-order valence-corrected chi connectivity index (χ4v) is 3.74. The second-order valence-electron chi connectivity index (χ2n) is 5.55. The number of thioether (sulfide) groups is 1. The zero-order chi connectivity index (χ0) is 17.6. The highest BCUT2D eigenvalue weighted by Crippen LogP contribution is 2.30. The first-order valence-electron chi connectivity index (χ1n) is 7.92. The SMILES string of the molecule is O=C(CSc1ccc(Cl)cc1)Nc1cc(Br)ccc1N1CCOCC1. The van der Waals surface area contributed by atoms with Crippen LogP contribution in [0.25, 0.3) is 0 Å². The predicted octanol–water partition coefficient (Wildman–Crippen LogP) is 4.67. The molecule has 0 radical (unpaired) electrons. The molecule has 0 saturated carbocycles. The average molecular weight is 442 g/mol. The average Bonchev–Trinajstić information content (AvgIpc) is 2.62. The molecule has 4 nitrogen and oxygen atoms in total. The Kier molecular flexibility index (Phi) is 6.64. The fourth-order valence-electron chi connectivity index (χ4n) is 2.55. The molecule has 0 aromatic heterocycles. The highest BCUT2D eigenvalue weighted by molar-refractivity contribution is 9.10. The van der Waals surface area contributed by atoms with Crippen LogP contribution in [0, 0.1) is 0 Å². The minimum atomic E-state index is -0.0347. The van der Waals surface area contributed by atoms with E-state index in [9.17, 15) is 4.79 Å². The molecule has 0 spiro atoms. The van der Waals surface area contributed by atoms with Gasteiger partial charge in [0, 0.05) is 27.5 Å². The van der Waals surface area contributed by atoms with Gasteiger partial charge in [-0.15, -0.1) is 11.8 Å². The van der Waals surface area contributed by atoms with Gasteiger partial charge in [0.15, 0.2) is 0 Å². The van der Waals surface area contributed by atoms with Crippen molar-refractivity contribution >= 4 is 56.6 Å². The lowest BCUT2D eigenvalue weighted by atomic mass is 10.2. The Balaban J connectivity index is 1.65. The molecule has 0 bridgehead atoms. The molecule has 1 aliphatic heterocycles. The van der Waals surface area contributed by atoms with Crippen molar-refractivity contribution in [1.82, 2.24) is 0 Å². The summed E-state index contributed by atoms with van der Waals surface area (Å²) in [5, 5.41) is 3.72. The van der Waals surface area contributed by atoms with Crippen LogP contribution in [0.5, 0.6) is 0 Å². The number of carbonyl (C=O) groups excluding carboxylic acids is 1. The van der Waals surface area contributed by atoms with Crippen molar-refractivity contribution in [1.29, 1.82) is 0 Å². The van der Waals surface area contributed by atoms with E-state index in [1.54, 1.807) is 0 Å². The zero-order valence-electron chi connectivity index (χ0n) is 13.5. The summed E-state index contributed by atoms with van der Waals surface area (Å²) in [4.78, 5) is 15.6. The van der Waals surface area contributed by atoms with Crippen LogP contribution in [0.1, 0.15) is 0 Å². The summed E-state index contributed by atoms with van der Waals surface area (Å²) in [5.41, 5.74) is 1.84. The van der Waals surface area contributed by atoms with Crippen LogP contribution >= 0.6 is 39.3 Å². The zero-order valence-corrected chi connectivity index (χ0v) is 16.7. The number of anilines is 2. The van der Waals surface area contributed by atoms with Crippen LogP contribution in [-0.2, 0) is 9.53 Å². The quantitative estimate of drug-likeness (QED) is 0.685. The Bertz CT molecular complexity index is 736. The molecule has 2 aromatic rings. The van der Waals surface area contributed by atoms with E-state index in [-0.39, 0.29) is 5.91 Å². The van der Waals surface area contributed by atoms with Gasteiger partial charge in [0.1, 0.15) is 0 Å². The number of benzene rings is 2. The minimum absolute atomic E-state index is 0.0347. The Morgan fingerprint density at radius 1 is 1.20 bits per heavy atom. The van der Waals surface area contributed by atoms with Gasteiger partial charge >= 0.3 is 0 Å². The molecule has 2 aromatic carbocycles. The van der Waals surface area contributed by atoms with Gasteiger partial charge in [-0.2, -0.15) is 0 Å². The first kappa shape index (κ1) is 18.6. The number of nitrogens with zero attached hydrogens (tertiary/aromatic N) is 1. The second-order valence-corrected chi connectivity index (χ2v) is 7.95. The number of ether oxygens (including phenoxy) is 1. The van der Waals surface area contributed by atoms with Crippen molar-refractivity contribution in [2.75, 3.05) is 42.3 Å². The lowest BCUT2D eigenvalue weighted by Gasteiger charge is -2.30. The molecule has 1 fully saturated rings. The largest absolute Gasteiger partial charge is 0.378 e. The second kappa shape index (κ2) is 8.94. The van der Waals surface area contributed by atoms with Crippen molar-refractivity contribution in [2.45, 2.75) is 4.90 Å². The Morgan fingerprint density at radius 3 is 2.64 bits per heavy atom. The summed E-state index contributed by atoms with van der Waals surface area (Å²) in [6.45, 7) is 3.06. The number of hydrogen-bond acceptors (Lipinski definition) is 4. The van der Waals surface area contributed by atoms with E-state index < -0.39 is 0 Å². The van der Waals surface area contributed by atoms with Gasteiger partial charge in [-0.05, 0) is 42.5 Å². The lowest BCUT2D eigenvalue weighted by molar-refractivity contribution is -0.113. The standard InChI is InChI=1S/C18H18BrClN2O2S/c19-13-1-6-17(22-7-9-24-10-8-22)16(11-13)21-18(23)12-25-15-4-2-14(20)3-5-15/h1-6,11H,7-10,12H2,(H,21,23). The molecule has 25 heavy (non-hydrogen) atoms. The monoisotopic (exact) mass is 440 g/mol. The molecule has 0 aliphatic carbocycles. The van der Waals surface area contributed by atoms with E-state index in [1.807, 2.05) is 42.5 Å². The van der Waals surface area contributed by atoms with E-state index in [1.165, 1.54) is 11.8 Å². The number of amides is 1. The van der Waals surface area contributed by atoms with Gasteiger partial charge in [-0.25, -0.2) is 0 Å². The van der Waals surface area contributed by atoms with Crippen molar-refractivity contribution < 1.29 is 9.53 Å². The highest BCUT2D eigenvalue weighted by atomic mass is 79.9. The number of rotatable bonds is 5. The maximum atomic E-state index is 12.4. The van der Waals surface area contributed by atoms with Gasteiger partial charge in [0.2, 0.25) is 5.91 Å². The fraction of sp³-hybridized carbons (Fsp3) is 0.278. The van der Waals surface area contributed by atoms with Crippen LogP contribution in [0.15, 0.2) is 51.8 Å². The third kappa shape index (κ3) is 5.38. The molecule has 1 amide bonds. The van der Waals surface area contributed by atoms with Crippen LogP contribution in [0.2, 0.25) is 5.02 Å². The maximum absolute atomic E-state index is 12.4. The normalized spacial score (nSPS) is 14.4. The summed E-state index contributed by atoms with van der Waals surface area (Å²) in [7, 11) is 0. The van der Waals surface area contributed by atoms with Crippen LogP contribution in [0.3, 0.4) is 0 Å². The van der Waals surface area contributed by atoms with Gasteiger partial charge in [0.05, 0.1) is 30.3 Å². The van der Waals surface area contributed by atoms with Gasteiger partial charge in [0.25, 0.3) is 0 Å². The Labute approximate surface area is 165 Å². The first-order chi connectivity index (χ1) is 12.1. The molecule has 3 rings (SSSR count). The molecule has 1 saturated heterocycles. The van der Waals surface area contributed by atoms with E-state index in [2.05, 4.69) is 26.1 Å². The number of nitrogens with one attached hydrogen (secondary N) is 1. The lowest BCUT2D eigenvalue weighted by Crippen LogP contribution is -2.36. The number of carbonyl (C=O) groups is 1. The van der Waals surface area contributed by atoms with Crippen molar-refractivity contribution in [2.24, 2.45) is 0 Å². The van der Waals surface area contributed by atoms with Crippen LogP contribution < -0.4 is 10.2 Å². The van der Waals surface area contributed by atoms with E-state index >= 15 is 0 Å². The Morgan fingerprint density at radius 2 is 1.92 bits per heavy atom. The predicted molar refractivity (Wildman–Crippen MR) is 108 cm³/mol. The topological polar surface area (TPSA) is 41.6 Å². The summed E-state index contributed by atoms with van der Waals surface area (Å²) >= 11 is 10.8. The van der Waals surface area contributed by atoms with Gasteiger partial charge in [-0.3, -0.25) is 4.79 Å². The minimum Gasteiger partial charge on any atom is -0.378 e. The molecule has 1 N–H and O–H groups in total. The van der Waals surface area contributed by atoms with Crippen LogP contribution in [0.4, 0.5) is 11.4 Å². The summed E-state index contributed by atoms with van der Waals surface area (Å²) in [6.07, 6.45) is 0. The van der Waals surface area contributed by atoms with Crippen molar-refractivity contribution in [3.05, 3.63) is 52.0 Å². The van der Waals surface area contributed by atoms with E-state index in [0.29, 0.717) is 24.0 Å². The molecule has 132 valence electrons. The maximum Gasteiger partial charge on any atom is 0.234 e. The first-order valence-corrected chi connectivity index (χ1v) is 10.1. The molecular formula is C18H18BrClN2O2S. The summed E-state index contributed by atoms with van der Waals surface area (Å²) < 4.78 is 6.35. The van der Waals surface area contributed by atoms with Crippen LogP contribution in [-0.4, -0.2) is 38.0 Å². The third-order valence-electron chi connectivity index (χ3n) is 3.77. The molecule has 1 heterocycles. The number of morpholine rings is 1. The van der Waals surface area contributed by atoms with Gasteiger partial charge < -0.3 is 15.0 Å².